The maximum absolute atomic E-state index is 12.8. The number of alkyl halides is 2. The molecule has 0 radical (unpaired) electrons. The molecule has 0 aliphatic rings. The summed E-state index contributed by atoms with van der Waals surface area (Å²) < 4.78 is 27.8. The molecule has 3 aromatic rings. The number of aromatic nitrogens is 5. The van der Waals surface area contributed by atoms with Crippen LogP contribution in [0.25, 0.3) is 11.0 Å². The summed E-state index contributed by atoms with van der Waals surface area (Å²) in [4.78, 5) is 17.5. The highest BCUT2D eigenvalue weighted by Gasteiger charge is 2.17. The number of carbonyl (C=O) groups is 1. The van der Waals surface area contributed by atoms with Crippen LogP contribution in [0.2, 0.25) is 0 Å². The quantitative estimate of drug-likeness (QED) is 0.717. The van der Waals surface area contributed by atoms with Gasteiger partial charge in [0.15, 0.2) is 0 Å². The van der Waals surface area contributed by atoms with E-state index in [9.17, 15) is 13.6 Å². The predicted molar refractivity (Wildman–Crippen MR) is 77.5 cm³/mol. The number of likely N-dealkylation sites (N-methyl/N-ethyl adjacent to an activating group) is 1. The Kier molecular flexibility index (Phi) is 4.00. The Morgan fingerprint density at radius 1 is 1.35 bits per heavy atom. The Morgan fingerprint density at radius 3 is 2.91 bits per heavy atom. The molecule has 0 aliphatic carbocycles. The van der Waals surface area contributed by atoms with E-state index in [0.717, 1.165) is 10.1 Å². The molecule has 120 valence electrons. The van der Waals surface area contributed by atoms with Crippen molar-refractivity contribution in [3.63, 3.8) is 0 Å². The summed E-state index contributed by atoms with van der Waals surface area (Å²) >= 11 is 0. The number of hydrogen-bond acceptors (Lipinski definition) is 4. The van der Waals surface area contributed by atoms with Crippen molar-refractivity contribution in [2.75, 3.05) is 7.05 Å². The molecule has 0 N–H and O–H groups in total. The van der Waals surface area contributed by atoms with E-state index in [0.29, 0.717) is 5.52 Å². The molecule has 2 aromatic heterocycles. The molecule has 9 heteroatoms. The number of imidazole rings is 1. The fourth-order valence-electron chi connectivity index (χ4n) is 2.23. The first-order chi connectivity index (χ1) is 11.1. The summed E-state index contributed by atoms with van der Waals surface area (Å²) in [6.45, 7) is -2.72. The van der Waals surface area contributed by atoms with Gasteiger partial charge in [0, 0.05) is 19.4 Å². The van der Waals surface area contributed by atoms with Crippen LogP contribution in [0, 0.1) is 0 Å². The molecule has 0 saturated carbocycles. The molecule has 1 aromatic carbocycles. The summed E-state index contributed by atoms with van der Waals surface area (Å²) in [6.07, 6.45) is 2.47. The number of para-hydroxylation sites is 1. The van der Waals surface area contributed by atoms with Gasteiger partial charge in [-0.3, -0.25) is 9.36 Å². The topological polar surface area (TPSA) is 68.8 Å². The lowest BCUT2D eigenvalue weighted by Crippen LogP contribution is -2.31. The van der Waals surface area contributed by atoms with Crippen molar-refractivity contribution >= 4 is 16.9 Å². The maximum atomic E-state index is 12.8. The second kappa shape index (κ2) is 6.11. The van der Waals surface area contributed by atoms with E-state index in [1.807, 2.05) is 18.2 Å². The molecular formula is C14H14F2N6O. The van der Waals surface area contributed by atoms with Crippen LogP contribution in [0.4, 0.5) is 8.78 Å². The Labute approximate surface area is 130 Å². The van der Waals surface area contributed by atoms with Gasteiger partial charge in [-0.2, -0.15) is 8.78 Å². The minimum absolute atomic E-state index is 0.0111. The van der Waals surface area contributed by atoms with E-state index in [-0.39, 0.29) is 24.8 Å². The normalized spacial score (nSPS) is 11.3. The molecular weight excluding hydrogens is 306 g/mol. The van der Waals surface area contributed by atoms with Gasteiger partial charge in [-0.05, 0) is 12.1 Å². The fraction of sp³-hybridized carbons (Fsp3) is 0.286. The first kappa shape index (κ1) is 15.1. The summed E-state index contributed by atoms with van der Waals surface area (Å²) in [5, 5.41) is 7.91. The van der Waals surface area contributed by atoms with Gasteiger partial charge >= 0.3 is 6.55 Å². The molecule has 0 unspecified atom stereocenters. The van der Waals surface area contributed by atoms with Crippen molar-refractivity contribution in [1.82, 2.24) is 29.4 Å². The number of nitrogens with zero attached hydrogens (tertiary/aromatic N) is 6. The highest BCUT2D eigenvalue weighted by Crippen LogP contribution is 2.14. The molecule has 23 heavy (non-hydrogen) atoms. The molecule has 7 nitrogen and oxygen atoms in total. The van der Waals surface area contributed by atoms with Crippen LogP contribution >= 0.6 is 0 Å². The average Bonchev–Trinajstić information content (AvgIpc) is 3.14. The van der Waals surface area contributed by atoms with E-state index in [1.165, 1.54) is 29.0 Å². The summed E-state index contributed by atoms with van der Waals surface area (Å²) in [7, 11) is 1.53. The molecule has 0 saturated heterocycles. The molecule has 1 amide bonds. The van der Waals surface area contributed by atoms with E-state index < -0.39 is 6.55 Å². The predicted octanol–water partition coefficient (Wildman–Crippen LogP) is 1.68. The summed E-state index contributed by atoms with van der Waals surface area (Å²) in [5.74, 6) is -0.149. The first-order valence-electron chi connectivity index (χ1n) is 6.88. The molecule has 0 atom stereocenters. The largest absolute Gasteiger partial charge is 0.337 e. The number of halogens is 2. The smallest absolute Gasteiger partial charge is 0.319 e. The van der Waals surface area contributed by atoms with Gasteiger partial charge in [-0.15, -0.1) is 5.10 Å². The number of fused-ring (bicyclic) bond motifs is 1. The van der Waals surface area contributed by atoms with Crippen LogP contribution in [-0.4, -0.2) is 42.4 Å². The fourth-order valence-corrected chi connectivity index (χ4v) is 2.23. The number of benzene rings is 1. The molecule has 0 aliphatic heterocycles. The number of rotatable bonds is 5. The van der Waals surface area contributed by atoms with Gasteiger partial charge in [0.05, 0.1) is 12.1 Å². The lowest BCUT2D eigenvalue weighted by molar-refractivity contribution is -0.131. The molecule has 2 heterocycles. The van der Waals surface area contributed by atoms with Gasteiger partial charge in [-0.1, -0.05) is 17.3 Å². The van der Waals surface area contributed by atoms with Gasteiger partial charge < -0.3 is 4.90 Å². The zero-order valence-electron chi connectivity index (χ0n) is 12.3. The summed E-state index contributed by atoms with van der Waals surface area (Å²) in [5.41, 5.74) is 1.43. The maximum Gasteiger partial charge on any atom is 0.319 e. The monoisotopic (exact) mass is 320 g/mol. The van der Waals surface area contributed by atoms with Crippen LogP contribution in [0.3, 0.4) is 0 Å². The van der Waals surface area contributed by atoms with Crippen LogP contribution < -0.4 is 0 Å². The van der Waals surface area contributed by atoms with Crippen molar-refractivity contribution in [2.45, 2.75) is 19.6 Å². The minimum Gasteiger partial charge on any atom is -0.337 e. The van der Waals surface area contributed by atoms with Gasteiger partial charge in [0.25, 0.3) is 0 Å². The second-order valence-corrected chi connectivity index (χ2v) is 5.01. The van der Waals surface area contributed by atoms with Crippen LogP contribution in [0.5, 0.6) is 0 Å². The van der Waals surface area contributed by atoms with Crippen LogP contribution in [0.1, 0.15) is 12.4 Å². The van der Waals surface area contributed by atoms with Gasteiger partial charge in [-0.25, -0.2) is 9.67 Å². The third-order valence-corrected chi connectivity index (χ3v) is 3.47. The van der Waals surface area contributed by atoms with Gasteiger partial charge in [0.2, 0.25) is 5.91 Å². The van der Waals surface area contributed by atoms with Crippen molar-refractivity contribution in [1.29, 1.82) is 0 Å². The second-order valence-electron chi connectivity index (χ2n) is 5.01. The van der Waals surface area contributed by atoms with Crippen molar-refractivity contribution in [2.24, 2.45) is 0 Å². The average molecular weight is 320 g/mol. The zero-order valence-corrected chi connectivity index (χ0v) is 12.3. The molecule has 0 bridgehead atoms. The van der Waals surface area contributed by atoms with Crippen molar-refractivity contribution in [3.05, 3.63) is 42.5 Å². The Balaban J connectivity index is 1.71. The molecule has 0 spiro atoms. The summed E-state index contributed by atoms with van der Waals surface area (Å²) in [6, 6.07) is 7.27. The standard InChI is InChI=1S/C14H14F2N6O/c1-20(8-12-17-6-7-21(12)14(15)16)13(23)9-22-11-5-3-2-4-10(11)18-19-22/h2-7,14H,8-9H2,1H3. The van der Waals surface area contributed by atoms with Crippen molar-refractivity contribution in [3.8, 4) is 0 Å². The third kappa shape index (κ3) is 3.03. The Bertz CT molecular complexity index is 827. The number of hydrogen-bond donors (Lipinski definition) is 0. The van der Waals surface area contributed by atoms with E-state index in [1.54, 1.807) is 6.07 Å². The highest BCUT2D eigenvalue weighted by atomic mass is 19.3. The van der Waals surface area contributed by atoms with Crippen molar-refractivity contribution < 1.29 is 13.6 Å². The van der Waals surface area contributed by atoms with E-state index in [2.05, 4.69) is 15.3 Å². The van der Waals surface area contributed by atoms with E-state index >= 15 is 0 Å². The third-order valence-electron chi connectivity index (χ3n) is 3.47. The minimum atomic E-state index is -2.68. The zero-order chi connectivity index (χ0) is 16.4. The number of amides is 1. The van der Waals surface area contributed by atoms with E-state index in [4.69, 9.17) is 0 Å². The van der Waals surface area contributed by atoms with Crippen LogP contribution in [0.15, 0.2) is 36.7 Å². The van der Waals surface area contributed by atoms with Crippen LogP contribution in [-0.2, 0) is 17.9 Å². The van der Waals surface area contributed by atoms with Gasteiger partial charge in [0.1, 0.15) is 17.9 Å². The molecule has 3 rings (SSSR count). The first-order valence-corrected chi connectivity index (χ1v) is 6.88. The Hall–Kier alpha value is -2.84. The Morgan fingerprint density at radius 2 is 2.13 bits per heavy atom. The lowest BCUT2D eigenvalue weighted by atomic mass is 10.3. The molecule has 0 fully saturated rings. The lowest BCUT2D eigenvalue weighted by Gasteiger charge is -2.17. The SMILES string of the molecule is CN(Cc1nccn1C(F)F)C(=O)Cn1nnc2ccccc21. The highest BCUT2D eigenvalue weighted by molar-refractivity contribution is 5.79. The number of carbonyl (C=O) groups excluding carboxylic acids is 1.